The Hall–Kier alpha value is -1.40. The fraction of sp³-hybridized carbons (Fsp3) is 0.538. The van der Waals surface area contributed by atoms with Gasteiger partial charge in [0.05, 0.1) is 18.2 Å². The molecule has 2 aromatic rings. The van der Waals surface area contributed by atoms with Gasteiger partial charge in [0.15, 0.2) is 4.96 Å². The molecule has 0 aliphatic heterocycles. The van der Waals surface area contributed by atoms with Crippen LogP contribution >= 0.6 is 11.3 Å². The molecular weight excluding hydrogens is 262 g/mol. The van der Waals surface area contributed by atoms with E-state index < -0.39 is 6.10 Å². The van der Waals surface area contributed by atoms with Crippen molar-refractivity contribution < 1.29 is 9.90 Å². The summed E-state index contributed by atoms with van der Waals surface area (Å²) in [5.74, 6) is 0.00153. The van der Waals surface area contributed by atoms with Gasteiger partial charge in [0, 0.05) is 30.4 Å². The fourth-order valence-electron chi connectivity index (χ4n) is 2.00. The van der Waals surface area contributed by atoms with Crippen LogP contribution in [0.5, 0.6) is 0 Å². The zero-order valence-electron chi connectivity index (χ0n) is 11.4. The van der Waals surface area contributed by atoms with Crippen molar-refractivity contribution in [1.29, 1.82) is 0 Å². The number of aromatic nitrogens is 2. The van der Waals surface area contributed by atoms with Crippen molar-refractivity contribution in [2.45, 2.75) is 39.3 Å². The first kappa shape index (κ1) is 14.0. The van der Waals surface area contributed by atoms with E-state index in [0.717, 1.165) is 10.7 Å². The van der Waals surface area contributed by atoms with Crippen LogP contribution in [0.3, 0.4) is 0 Å². The van der Waals surface area contributed by atoms with Gasteiger partial charge in [-0.3, -0.25) is 9.20 Å². The Labute approximate surface area is 116 Å². The number of rotatable bonds is 5. The second-order valence-electron chi connectivity index (χ2n) is 4.99. The van der Waals surface area contributed by atoms with Crippen LogP contribution in [0, 0.1) is 0 Å². The first-order valence-electron chi connectivity index (χ1n) is 6.36. The standard InChI is InChI=1S/C13H19N3O2S/c1-9(2)16(7-10(3)17)12(18)6-11-8-15-4-5-19-13(15)14-11/h4-5,8-10,17H,6-7H2,1-3H3. The molecule has 0 saturated carbocycles. The highest BCUT2D eigenvalue weighted by molar-refractivity contribution is 7.15. The van der Waals surface area contributed by atoms with E-state index in [1.165, 1.54) is 0 Å². The van der Waals surface area contributed by atoms with E-state index in [9.17, 15) is 9.90 Å². The maximum absolute atomic E-state index is 12.3. The Morgan fingerprint density at radius 1 is 1.53 bits per heavy atom. The van der Waals surface area contributed by atoms with Crippen LogP contribution in [0.1, 0.15) is 26.5 Å². The molecule has 0 saturated heterocycles. The molecule has 2 aromatic heterocycles. The number of hydrogen-bond donors (Lipinski definition) is 1. The summed E-state index contributed by atoms with van der Waals surface area (Å²) in [7, 11) is 0. The number of hydrogen-bond acceptors (Lipinski definition) is 4. The number of carbonyl (C=O) groups excluding carboxylic acids is 1. The van der Waals surface area contributed by atoms with Gasteiger partial charge in [-0.1, -0.05) is 0 Å². The third kappa shape index (κ3) is 3.33. The molecule has 0 radical (unpaired) electrons. The predicted molar refractivity (Wildman–Crippen MR) is 75.3 cm³/mol. The molecule has 1 unspecified atom stereocenters. The quantitative estimate of drug-likeness (QED) is 0.904. The van der Waals surface area contributed by atoms with Crippen molar-refractivity contribution in [3.63, 3.8) is 0 Å². The molecule has 5 nitrogen and oxygen atoms in total. The highest BCUT2D eigenvalue weighted by Crippen LogP contribution is 2.13. The van der Waals surface area contributed by atoms with Crippen molar-refractivity contribution in [3.05, 3.63) is 23.5 Å². The molecule has 1 N–H and O–H groups in total. The van der Waals surface area contributed by atoms with Crippen LogP contribution in [0.4, 0.5) is 0 Å². The summed E-state index contributed by atoms with van der Waals surface area (Å²) in [4.78, 5) is 19.3. The minimum atomic E-state index is -0.517. The van der Waals surface area contributed by atoms with Crippen molar-refractivity contribution in [2.24, 2.45) is 0 Å². The van der Waals surface area contributed by atoms with Crippen molar-refractivity contribution in [3.8, 4) is 0 Å². The molecule has 0 aliphatic rings. The average molecular weight is 281 g/mol. The zero-order chi connectivity index (χ0) is 14.0. The van der Waals surface area contributed by atoms with Gasteiger partial charge < -0.3 is 10.0 Å². The van der Waals surface area contributed by atoms with E-state index in [1.54, 1.807) is 23.2 Å². The smallest absolute Gasteiger partial charge is 0.228 e. The molecule has 0 bridgehead atoms. The van der Waals surface area contributed by atoms with E-state index in [-0.39, 0.29) is 18.4 Å². The van der Waals surface area contributed by atoms with Gasteiger partial charge in [-0.25, -0.2) is 4.98 Å². The summed E-state index contributed by atoms with van der Waals surface area (Å²) in [5, 5.41) is 11.4. The zero-order valence-corrected chi connectivity index (χ0v) is 12.2. The number of imidazole rings is 1. The molecule has 19 heavy (non-hydrogen) atoms. The normalized spacial score (nSPS) is 13.1. The largest absolute Gasteiger partial charge is 0.392 e. The third-order valence-corrected chi connectivity index (χ3v) is 3.65. The topological polar surface area (TPSA) is 57.8 Å². The fourth-order valence-corrected chi connectivity index (χ4v) is 2.72. The summed E-state index contributed by atoms with van der Waals surface area (Å²) in [6, 6.07) is 0.0748. The summed E-state index contributed by atoms with van der Waals surface area (Å²) < 4.78 is 1.92. The monoisotopic (exact) mass is 281 g/mol. The molecule has 0 spiro atoms. The number of amides is 1. The van der Waals surface area contributed by atoms with Crippen molar-refractivity contribution >= 4 is 22.2 Å². The second kappa shape index (κ2) is 5.71. The minimum absolute atomic E-state index is 0.00153. The highest BCUT2D eigenvalue weighted by atomic mass is 32.1. The van der Waals surface area contributed by atoms with E-state index in [1.807, 2.05) is 36.0 Å². The number of nitrogens with zero attached hydrogens (tertiary/aromatic N) is 3. The maximum Gasteiger partial charge on any atom is 0.228 e. The number of fused-ring (bicyclic) bond motifs is 1. The van der Waals surface area contributed by atoms with E-state index in [0.29, 0.717) is 6.54 Å². The molecule has 1 atom stereocenters. The molecule has 104 valence electrons. The van der Waals surface area contributed by atoms with Gasteiger partial charge in [0.1, 0.15) is 0 Å². The van der Waals surface area contributed by atoms with E-state index in [4.69, 9.17) is 0 Å². The van der Waals surface area contributed by atoms with Crippen molar-refractivity contribution in [2.75, 3.05) is 6.54 Å². The van der Waals surface area contributed by atoms with Gasteiger partial charge in [-0.15, -0.1) is 11.3 Å². The van der Waals surface area contributed by atoms with Gasteiger partial charge >= 0.3 is 0 Å². The molecule has 0 fully saturated rings. The lowest BCUT2D eigenvalue weighted by molar-refractivity contribution is -0.133. The van der Waals surface area contributed by atoms with E-state index in [2.05, 4.69) is 4.98 Å². The number of carbonyl (C=O) groups is 1. The summed E-state index contributed by atoms with van der Waals surface area (Å²) >= 11 is 1.55. The molecule has 2 rings (SSSR count). The number of thiazole rings is 1. The summed E-state index contributed by atoms with van der Waals surface area (Å²) in [6.07, 6.45) is 3.57. The summed E-state index contributed by atoms with van der Waals surface area (Å²) in [6.45, 7) is 5.95. The van der Waals surface area contributed by atoms with E-state index >= 15 is 0 Å². The van der Waals surface area contributed by atoms with Crippen LogP contribution in [0.2, 0.25) is 0 Å². The predicted octanol–water partition coefficient (Wildman–Crippen LogP) is 1.56. The molecule has 6 heteroatoms. The first-order valence-corrected chi connectivity index (χ1v) is 7.24. The third-order valence-electron chi connectivity index (χ3n) is 2.88. The van der Waals surface area contributed by atoms with Crippen LogP contribution in [0.15, 0.2) is 17.8 Å². The molecular formula is C13H19N3O2S. The average Bonchev–Trinajstić information content (AvgIpc) is 2.85. The van der Waals surface area contributed by atoms with Crippen LogP contribution in [0.25, 0.3) is 4.96 Å². The lowest BCUT2D eigenvalue weighted by atomic mass is 10.2. The Morgan fingerprint density at radius 2 is 2.26 bits per heavy atom. The first-order chi connectivity index (χ1) is 8.97. The minimum Gasteiger partial charge on any atom is -0.392 e. The van der Waals surface area contributed by atoms with Crippen LogP contribution < -0.4 is 0 Å². The van der Waals surface area contributed by atoms with Gasteiger partial charge in [0.25, 0.3) is 0 Å². The SMILES string of the molecule is CC(O)CN(C(=O)Cc1cn2ccsc2n1)C(C)C. The van der Waals surface area contributed by atoms with Crippen LogP contribution in [-0.4, -0.2) is 44.0 Å². The number of aliphatic hydroxyl groups excluding tert-OH is 1. The van der Waals surface area contributed by atoms with Gasteiger partial charge in [-0.2, -0.15) is 0 Å². The van der Waals surface area contributed by atoms with Gasteiger partial charge in [-0.05, 0) is 20.8 Å². The Morgan fingerprint density at radius 3 is 2.84 bits per heavy atom. The molecule has 0 aromatic carbocycles. The Kier molecular flexibility index (Phi) is 4.21. The molecule has 1 amide bonds. The highest BCUT2D eigenvalue weighted by Gasteiger charge is 2.20. The lowest BCUT2D eigenvalue weighted by Crippen LogP contribution is -2.42. The maximum atomic E-state index is 12.3. The van der Waals surface area contributed by atoms with Crippen molar-refractivity contribution in [1.82, 2.24) is 14.3 Å². The van der Waals surface area contributed by atoms with Gasteiger partial charge in [0.2, 0.25) is 5.91 Å². The van der Waals surface area contributed by atoms with Crippen LogP contribution in [-0.2, 0) is 11.2 Å². The Balaban J connectivity index is 2.07. The molecule has 2 heterocycles. The molecule has 0 aliphatic carbocycles. The number of aliphatic hydroxyl groups is 1. The lowest BCUT2D eigenvalue weighted by Gasteiger charge is -2.27. The second-order valence-corrected chi connectivity index (χ2v) is 5.86. The summed E-state index contributed by atoms with van der Waals surface area (Å²) in [5.41, 5.74) is 0.771. The Bertz CT molecular complexity index is 530.